The van der Waals surface area contributed by atoms with E-state index >= 15 is 0 Å². The van der Waals surface area contributed by atoms with E-state index in [9.17, 15) is 5.11 Å². The van der Waals surface area contributed by atoms with Gasteiger partial charge in [0.15, 0.2) is 0 Å². The lowest BCUT2D eigenvalue weighted by atomic mass is 10.1. The van der Waals surface area contributed by atoms with Gasteiger partial charge in [-0.3, -0.25) is 0 Å². The first kappa shape index (κ1) is 12.1. The van der Waals surface area contributed by atoms with Crippen molar-refractivity contribution in [3.8, 4) is 0 Å². The van der Waals surface area contributed by atoms with Gasteiger partial charge in [0.05, 0.1) is 19.5 Å². The van der Waals surface area contributed by atoms with Crippen LogP contribution in [0.2, 0.25) is 0 Å². The number of hydrogen-bond acceptors (Lipinski definition) is 4. The molecule has 2 rings (SSSR count). The summed E-state index contributed by atoms with van der Waals surface area (Å²) in [5, 5.41) is 18.9. The number of rotatable bonds is 4. The van der Waals surface area contributed by atoms with E-state index in [1.54, 1.807) is 0 Å². The maximum absolute atomic E-state index is 9.75. The Labute approximate surface area is 100 Å². The topological polar surface area (TPSA) is 58.9 Å². The second-order valence-electron chi connectivity index (χ2n) is 3.94. The van der Waals surface area contributed by atoms with Gasteiger partial charge < -0.3 is 19.7 Å². The van der Waals surface area contributed by atoms with Gasteiger partial charge in [0.1, 0.15) is 18.3 Å². The van der Waals surface area contributed by atoms with Gasteiger partial charge in [-0.1, -0.05) is 30.3 Å². The van der Waals surface area contributed by atoms with Crippen LogP contribution in [0.5, 0.6) is 0 Å². The monoisotopic (exact) mass is 236 g/mol. The minimum Gasteiger partial charge on any atom is -0.493 e. The molecule has 4 heteroatoms. The Kier molecular flexibility index (Phi) is 4.14. The third-order valence-electron chi connectivity index (χ3n) is 2.70. The number of aliphatic hydroxyl groups excluding tert-OH is 2. The normalized spacial score (nSPS) is 27.8. The summed E-state index contributed by atoms with van der Waals surface area (Å²) in [7, 11) is 0. The van der Waals surface area contributed by atoms with Gasteiger partial charge in [-0.25, -0.2) is 0 Å². The molecule has 3 unspecified atom stereocenters. The van der Waals surface area contributed by atoms with Crippen molar-refractivity contribution < 1.29 is 19.7 Å². The highest BCUT2D eigenvalue weighted by atomic mass is 16.6. The molecule has 0 radical (unpaired) electrons. The van der Waals surface area contributed by atoms with Crippen LogP contribution in [0.4, 0.5) is 0 Å². The van der Waals surface area contributed by atoms with Crippen LogP contribution in [0.3, 0.4) is 0 Å². The molecule has 1 aliphatic heterocycles. The fourth-order valence-electron chi connectivity index (χ4n) is 1.75. The van der Waals surface area contributed by atoms with Crippen molar-refractivity contribution >= 4 is 0 Å². The van der Waals surface area contributed by atoms with Gasteiger partial charge >= 0.3 is 0 Å². The molecule has 1 aromatic rings. The molecule has 17 heavy (non-hydrogen) atoms. The largest absolute Gasteiger partial charge is 0.493 e. The zero-order valence-corrected chi connectivity index (χ0v) is 9.40. The van der Waals surface area contributed by atoms with Crippen molar-refractivity contribution in [1.29, 1.82) is 0 Å². The fourth-order valence-corrected chi connectivity index (χ4v) is 1.75. The van der Waals surface area contributed by atoms with E-state index in [0.717, 1.165) is 5.56 Å². The highest BCUT2D eigenvalue weighted by molar-refractivity contribution is 5.13. The quantitative estimate of drug-likeness (QED) is 0.813. The Morgan fingerprint density at radius 3 is 2.71 bits per heavy atom. The Balaban J connectivity index is 1.95. The van der Waals surface area contributed by atoms with E-state index < -0.39 is 18.3 Å². The Hall–Kier alpha value is -1.36. The van der Waals surface area contributed by atoms with Crippen molar-refractivity contribution in [2.24, 2.45) is 0 Å². The Morgan fingerprint density at radius 2 is 2.00 bits per heavy atom. The minimum atomic E-state index is -0.746. The van der Waals surface area contributed by atoms with Gasteiger partial charge in [-0.2, -0.15) is 0 Å². The summed E-state index contributed by atoms with van der Waals surface area (Å²) in [4.78, 5) is 0. The summed E-state index contributed by atoms with van der Waals surface area (Å²) in [5.41, 5.74) is 1.02. The molecule has 0 saturated carbocycles. The van der Waals surface area contributed by atoms with Gasteiger partial charge in [0.2, 0.25) is 0 Å². The molecule has 3 atom stereocenters. The lowest BCUT2D eigenvalue weighted by Gasteiger charge is -2.31. The van der Waals surface area contributed by atoms with Crippen LogP contribution >= 0.6 is 0 Å². The number of ether oxygens (including phenoxy) is 2. The highest BCUT2D eigenvalue weighted by Gasteiger charge is 2.31. The molecule has 0 bridgehead atoms. The second-order valence-corrected chi connectivity index (χ2v) is 3.94. The lowest BCUT2D eigenvalue weighted by molar-refractivity contribution is -0.120. The van der Waals surface area contributed by atoms with Crippen LogP contribution in [0, 0.1) is 0 Å². The van der Waals surface area contributed by atoms with E-state index in [4.69, 9.17) is 14.6 Å². The third kappa shape index (κ3) is 3.06. The van der Waals surface area contributed by atoms with Crippen LogP contribution in [0.15, 0.2) is 42.7 Å². The third-order valence-corrected chi connectivity index (χ3v) is 2.70. The van der Waals surface area contributed by atoms with Gasteiger partial charge in [0.25, 0.3) is 0 Å². The molecule has 0 aliphatic carbocycles. The van der Waals surface area contributed by atoms with Gasteiger partial charge in [-0.05, 0) is 11.6 Å². The first-order chi connectivity index (χ1) is 8.31. The van der Waals surface area contributed by atoms with Crippen molar-refractivity contribution in [2.45, 2.75) is 24.9 Å². The van der Waals surface area contributed by atoms with Crippen LogP contribution < -0.4 is 0 Å². The summed E-state index contributed by atoms with van der Waals surface area (Å²) in [6.45, 7) is 0.205. The SMILES string of the molecule is OCC1OC=CC(O)C1OCc1ccccc1. The maximum Gasteiger partial charge on any atom is 0.150 e. The second kappa shape index (κ2) is 5.82. The van der Waals surface area contributed by atoms with E-state index in [-0.39, 0.29) is 6.61 Å². The van der Waals surface area contributed by atoms with Crippen molar-refractivity contribution in [3.05, 3.63) is 48.2 Å². The molecular weight excluding hydrogens is 220 g/mol. The van der Waals surface area contributed by atoms with Crippen LogP contribution in [-0.2, 0) is 16.1 Å². The zero-order chi connectivity index (χ0) is 12.1. The predicted octanol–water partition coefficient (Wildman–Crippen LogP) is 0.837. The van der Waals surface area contributed by atoms with Crippen molar-refractivity contribution in [2.75, 3.05) is 6.61 Å². The lowest BCUT2D eigenvalue weighted by Crippen LogP contribution is -2.44. The molecule has 1 aliphatic rings. The smallest absolute Gasteiger partial charge is 0.150 e. The predicted molar refractivity (Wildman–Crippen MR) is 62.1 cm³/mol. The molecule has 0 amide bonds. The highest BCUT2D eigenvalue weighted by Crippen LogP contribution is 2.17. The molecule has 1 heterocycles. The molecule has 92 valence electrons. The summed E-state index contributed by atoms with van der Waals surface area (Å²) < 4.78 is 10.8. The average Bonchev–Trinajstić information content (AvgIpc) is 2.38. The van der Waals surface area contributed by atoms with Crippen molar-refractivity contribution in [1.82, 2.24) is 0 Å². The molecule has 4 nitrogen and oxygen atoms in total. The molecule has 0 saturated heterocycles. The molecule has 2 N–H and O–H groups in total. The molecule has 1 aromatic carbocycles. The van der Waals surface area contributed by atoms with E-state index in [0.29, 0.717) is 6.61 Å². The van der Waals surface area contributed by atoms with Gasteiger partial charge in [0, 0.05) is 0 Å². The summed E-state index contributed by atoms with van der Waals surface area (Å²) in [6, 6.07) is 9.67. The zero-order valence-electron chi connectivity index (χ0n) is 9.40. The molecule has 0 aromatic heterocycles. The van der Waals surface area contributed by atoms with Crippen LogP contribution in [-0.4, -0.2) is 35.1 Å². The van der Waals surface area contributed by atoms with Crippen molar-refractivity contribution in [3.63, 3.8) is 0 Å². The van der Waals surface area contributed by atoms with E-state index in [2.05, 4.69) is 0 Å². The van der Waals surface area contributed by atoms with E-state index in [1.807, 2.05) is 30.3 Å². The van der Waals surface area contributed by atoms with Crippen LogP contribution in [0.1, 0.15) is 5.56 Å². The fraction of sp³-hybridized carbons (Fsp3) is 0.385. The summed E-state index contributed by atoms with van der Waals surface area (Å²) >= 11 is 0. The average molecular weight is 236 g/mol. The summed E-state index contributed by atoms with van der Waals surface area (Å²) in [6.07, 6.45) is 1.11. The van der Waals surface area contributed by atoms with Crippen LogP contribution in [0.25, 0.3) is 0 Å². The number of benzene rings is 1. The summed E-state index contributed by atoms with van der Waals surface area (Å²) in [5.74, 6) is 0. The van der Waals surface area contributed by atoms with Gasteiger partial charge in [-0.15, -0.1) is 0 Å². The molecular formula is C13H16O4. The molecule has 0 fully saturated rings. The Bertz CT molecular complexity index is 363. The minimum absolute atomic E-state index is 0.180. The van der Waals surface area contributed by atoms with E-state index in [1.165, 1.54) is 12.3 Å². The Morgan fingerprint density at radius 1 is 1.24 bits per heavy atom. The first-order valence-electron chi connectivity index (χ1n) is 5.58. The number of hydrogen-bond donors (Lipinski definition) is 2. The standard InChI is InChI=1S/C13H16O4/c14-8-12-13(11(15)6-7-16-12)17-9-10-4-2-1-3-5-10/h1-7,11-15H,8-9H2. The number of aliphatic hydroxyl groups is 2. The first-order valence-corrected chi connectivity index (χ1v) is 5.58. The maximum atomic E-state index is 9.75. The molecule has 0 spiro atoms.